The number of carbonyl (C=O) groups is 1. The number of nitrogens with one attached hydrogen (secondary N) is 1. The fourth-order valence-corrected chi connectivity index (χ4v) is 1.44. The Hall–Kier alpha value is -1.26. The van der Waals surface area contributed by atoms with E-state index < -0.39 is 12.0 Å². The lowest BCUT2D eigenvalue weighted by atomic mass is 10.1. The quantitative estimate of drug-likeness (QED) is 0.852. The van der Waals surface area contributed by atoms with E-state index in [0.29, 0.717) is 0 Å². The zero-order valence-corrected chi connectivity index (χ0v) is 11.0. The van der Waals surface area contributed by atoms with Gasteiger partial charge in [0.2, 0.25) is 0 Å². The second kappa shape index (κ2) is 7.14. The van der Waals surface area contributed by atoms with E-state index in [9.17, 15) is 4.79 Å². The van der Waals surface area contributed by atoms with E-state index in [1.54, 1.807) is 31.4 Å². The molecule has 1 rings (SSSR count). The number of carboxylic acid groups (broad SMARTS) is 1. The molecule has 0 aliphatic carbocycles. The van der Waals surface area contributed by atoms with Crippen molar-refractivity contribution < 1.29 is 14.6 Å². The Bertz CT molecular complexity index is 351. The van der Waals surface area contributed by atoms with Gasteiger partial charge in [-0.15, -0.1) is 12.4 Å². The van der Waals surface area contributed by atoms with E-state index in [0.717, 1.165) is 11.3 Å². The second-order valence-electron chi connectivity index (χ2n) is 3.87. The van der Waals surface area contributed by atoms with E-state index in [-0.39, 0.29) is 18.4 Å². The minimum absolute atomic E-state index is 0. The fraction of sp³-hybridized carbons (Fsp3) is 0.417. The van der Waals surface area contributed by atoms with Crippen molar-refractivity contribution in [1.29, 1.82) is 0 Å². The maximum atomic E-state index is 11.1. The SMILES string of the molecule is COc1ccc(C(NC(C)C)C(=O)O)cc1.Cl. The zero-order valence-electron chi connectivity index (χ0n) is 10.1. The molecule has 0 aromatic heterocycles. The van der Waals surface area contributed by atoms with Gasteiger partial charge in [-0.2, -0.15) is 0 Å². The molecule has 0 fully saturated rings. The highest BCUT2D eigenvalue weighted by molar-refractivity contribution is 5.85. The summed E-state index contributed by atoms with van der Waals surface area (Å²) in [5.74, 6) is -0.156. The molecule has 2 N–H and O–H groups in total. The van der Waals surface area contributed by atoms with Gasteiger partial charge in [-0.1, -0.05) is 12.1 Å². The summed E-state index contributed by atoms with van der Waals surface area (Å²) >= 11 is 0. The van der Waals surface area contributed by atoms with E-state index in [2.05, 4.69) is 5.32 Å². The molecule has 1 aromatic rings. The molecular formula is C12H18ClNO3. The molecule has 1 atom stereocenters. The lowest BCUT2D eigenvalue weighted by Crippen LogP contribution is -2.33. The van der Waals surface area contributed by atoms with Crippen LogP contribution in [0.1, 0.15) is 25.5 Å². The van der Waals surface area contributed by atoms with Crippen LogP contribution in [0.25, 0.3) is 0 Å². The topological polar surface area (TPSA) is 58.6 Å². The Morgan fingerprint density at radius 1 is 1.29 bits per heavy atom. The highest BCUT2D eigenvalue weighted by atomic mass is 35.5. The summed E-state index contributed by atoms with van der Waals surface area (Å²) in [6, 6.07) is 6.47. The van der Waals surface area contributed by atoms with Crippen molar-refractivity contribution in [3.8, 4) is 5.75 Å². The minimum atomic E-state index is -0.876. The van der Waals surface area contributed by atoms with Crippen molar-refractivity contribution in [2.75, 3.05) is 7.11 Å². The first-order valence-corrected chi connectivity index (χ1v) is 5.17. The van der Waals surface area contributed by atoms with Crippen LogP contribution in [0.3, 0.4) is 0 Å². The Morgan fingerprint density at radius 2 is 1.82 bits per heavy atom. The number of hydrogen-bond acceptors (Lipinski definition) is 3. The molecule has 0 heterocycles. The first-order valence-electron chi connectivity index (χ1n) is 5.17. The molecule has 0 amide bonds. The van der Waals surface area contributed by atoms with Crippen molar-refractivity contribution in [3.63, 3.8) is 0 Å². The lowest BCUT2D eigenvalue weighted by Gasteiger charge is -2.17. The highest BCUT2D eigenvalue weighted by Gasteiger charge is 2.19. The molecule has 96 valence electrons. The maximum Gasteiger partial charge on any atom is 0.325 e. The molecule has 1 unspecified atom stereocenters. The van der Waals surface area contributed by atoms with Crippen LogP contribution in [-0.4, -0.2) is 24.2 Å². The summed E-state index contributed by atoms with van der Waals surface area (Å²) in [5.41, 5.74) is 0.724. The standard InChI is InChI=1S/C12H17NO3.ClH/c1-8(2)13-11(12(14)15)9-4-6-10(16-3)7-5-9;/h4-8,11,13H,1-3H3,(H,14,15);1H. The van der Waals surface area contributed by atoms with Crippen molar-refractivity contribution >= 4 is 18.4 Å². The van der Waals surface area contributed by atoms with Gasteiger partial charge in [0.25, 0.3) is 0 Å². The molecule has 0 saturated heterocycles. The summed E-state index contributed by atoms with van der Waals surface area (Å²) in [6.07, 6.45) is 0. The van der Waals surface area contributed by atoms with Crippen LogP contribution in [0, 0.1) is 0 Å². The highest BCUT2D eigenvalue weighted by Crippen LogP contribution is 2.18. The molecule has 5 heteroatoms. The molecule has 17 heavy (non-hydrogen) atoms. The van der Waals surface area contributed by atoms with Crippen LogP contribution in [0.15, 0.2) is 24.3 Å². The number of rotatable bonds is 5. The summed E-state index contributed by atoms with van der Waals surface area (Å²) < 4.78 is 5.02. The normalized spacial score (nSPS) is 11.8. The van der Waals surface area contributed by atoms with Gasteiger partial charge < -0.3 is 9.84 Å². The van der Waals surface area contributed by atoms with Crippen molar-refractivity contribution in [2.24, 2.45) is 0 Å². The predicted molar refractivity (Wildman–Crippen MR) is 68.9 cm³/mol. The molecule has 0 aliphatic heterocycles. The van der Waals surface area contributed by atoms with Gasteiger partial charge in [0.15, 0.2) is 0 Å². The fourth-order valence-electron chi connectivity index (χ4n) is 1.44. The van der Waals surface area contributed by atoms with Crippen molar-refractivity contribution in [2.45, 2.75) is 25.9 Å². The van der Waals surface area contributed by atoms with Crippen LogP contribution in [0.5, 0.6) is 5.75 Å². The molecular weight excluding hydrogens is 242 g/mol. The average Bonchev–Trinajstić information content (AvgIpc) is 2.25. The Morgan fingerprint density at radius 3 is 2.18 bits per heavy atom. The van der Waals surface area contributed by atoms with Crippen LogP contribution in [0.2, 0.25) is 0 Å². The number of hydrogen-bond donors (Lipinski definition) is 2. The Kier molecular flexibility index (Phi) is 6.61. The van der Waals surface area contributed by atoms with Gasteiger partial charge in [-0.3, -0.25) is 10.1 Å². The van der Waals surface area contributed by atoms with E-state index in [1.807, 2.05) is 13.8 Å². The molecule has 1 aromatic carbocycles. The third kappa shape index (κ3) is 4.63. The third-order valence-electron chi connectivity index (χ3n) is 2.20. The van der Waals surface area contributed by atoms with Gasteiger partial charge in [0.1, 0.15) is 11.8 Å². The van der Waals surface area contributed by atoms with Gasteiger partial charge in [0.05, 0.1) is 7.11 Å². The van der Waals surface area contributed by atoms with Gasteiger partial charge in [-0.25, -0.2) is 0 Å². The van der Waals surface area contributed by atoms with Gasteiger partial charge >= 0.3 is 5.97 Å². The number of carboxylic acids is 1. The Balaban J connectivity index is 0.00000256. The van der Waals surface area contributed by atoms with Crippen LogP contribution in [-0.2, 0) is 4.79 Å². The van der Waals surface area contributed by atoms with Crippen molar-refractivity contribution in [1.82, 2.24) is 5.32 Å². The van der Waals surface area contributed by atoms with Crippen LogP contribution in [0.4, 0.5) is 0 Å². The van der Waals surface area contributed by atoms with E-state index in [4.69, 9.17) is 9.84 Å². The molecule has 0 aliphatic rings. The number of methoxy groups -OCH3 is 1. The second-order valence-corrected chi connectivity index (χ2v) is 3.87. The maximum absolute atomic E-state index is 11.1. The number of ether oxygens (including phenoxy) is 1. The van der Waals surface area contributed by atoms with Gasteiger partial charge in [-0.05, 0) is 31.5 Å². The summed E-state index contributed by atoms with van der Waals surface area (Å²) in [7, 11) is 1.58. The largest absolute Gasteiger partial charge is 0.497 e. The third-order valence-corrected chi connectivity index (χ3v) is 2.20. The average molecular weight is 260 g/mol. The number of aliphatic carboxylic acids is 1. The lowest BCUT2D eigenvalue weighted by molar-refractivity contribution is -0.139. The molecule has 4 nitrogen and oxygen atoms in total. The summed E-state index contributed by atoms with van der Waals surface area (Å²) in [4.78, 5) is 11.1. The van der Waals surface area contributed by atoms with Gasteiger partial charge in [0, 0.05) is 6.04 Å². The van der Waals surface area contributed by atoms with E-state index in [1.165, 1.54) is 0 Å². The summed E-state index contributed by atoms with van der Waals surface area (Å²) in [6.45, 7) is 3.83. The molecule has 0 spiro atoms. The monoisotopic (exact) mass is 259 g/mol. The molecule has 0 bridgehead atoms. The smallest absolute Gasteiger partial charge is 0.325 e. The zero-order chi connectivity index (χ0) is 12.1. The number of halogens is 1. The Labute approximate surface area is 107 Å². The van der Waals surface area contributed by atoms with Crippen LogP contribution < -0.4 is 10.1 Å². The first kappa shape index (κ1) is 15.7. The van der Waals surface area contributed by atoms with E-state index >= 15 is 0 Å². The minimum Gasteiger partial charge on any atom is -0.497 e. The first-order chi connectivity index (χ1) is 7.54. The van der Waals surface area contributed by atoms with Crippen molar-refractivity contribution in [3.05, 3.63) is 29.8 Å². The molecule has 0 saturated carbocycles. The number of benzene rings is 1. The van der Waals surface area contributed by atoms with Crippen LogP contribution >= 0.6 is 12.4 Å². The predicted octanol–water partition coefficient (Wildman–Crippen LogP) is 2.24. The summed E-state index contributed by atoms with van der Waals surface area (Å²) in [5, 5.41) is 12.1. The molecule has 0 radical (unpaired) electrons.